The summed E-state index contributed by atoms with van der Waals surface area (Å²) in [6, 6.07) is 12.6. The lowest BCUT2D eigenvalue weighted by Crippen LogP contribution is -2.99. The van der Waals surface area contributed by atoms with Crippen molar-refractivity contribution in [1.82, 2.24) is 0 Å². The van der Waals surface area contributed by atoms with E-state index in [4.69, 9.17) is 20.1 Å². The Morgan fingerprint density at radius 3 is 1.63 bits per heavy atom. The molecule has 144 valence electrons. The first-order chi connectivity index (χ1) is 12.9. The summed E-state index contributed by atoms with van der Waals surface area (Å²) in [5, 5.41) is 45.6. The van der Waals surface area contributed by atoms with Gasteiger partial charge in [-0.2, -0.15) is 10.5 Å². The van der Waals surface area contributed by atoms with Crippen LogP contribution >= 0.6 is 0 Å². The molecule has 0 radical (unpaired) electrons. The van der Waals surface area contributed by atoms with Crippen molar-refractivity contribution in [2.24, 2.45) is 10.3 Å². The highest BCUT2D eigenvalue weighted by atomic mass is 16.8. The topological polar surface area (TPSA) is 139 Å². The normalized spacial score (nSPS) is 14.6. The van der Waals surface area contributed by atoms with Crippen LogP contribution in [0.2, 0.25) is 0 Å². The molecule has 10 nitrogen and oxygen atoms in total. The lowest BCUT2D eigenvalue weighted by Gasteiger charge is -2.12. The second-order valence-corrected chi connectivity index (χ2v) is 5.50. The van der Waals surface area contributed by atoms with Gasteiger partial charge in [-0.05, 0) is 13.8 Å². The van der Waals surface area contributed by atoms with Crippen molar-refractivity contribution in [3.05, 3.63) is 70.1 Å². The van der Waals surface area contributed by atoms with Gasteiger partial charge in [-0.1, -0.05) is 34.6 Å². The highest BCUT2D eigenvalue weighted by Gasteiger charge is 2.05. The van der Waals surface area contributed by atoms with Crippen LogP contribution < -0.4 is 10.5 Å². The third kappa shape index (κ3) is 6.11. The molecular weight excluding hydrogens is 356 g/mol. The van der Waals surface area contributed by atoms with Gasteiger partial charge in [-0.3, -0.25) is 0 Å². The molecule has 0 saturated carbocycles. The molecule has 0 saturated heterocycles. The van der Waals surface area contributed by atoms with Crippen molar-refractivity contribution >= 4 is 22.8 Å². The molecule has 27 heavy (non-hydrogen) atoms. The van der Waals surface area contributed by atoms with Crippen LogP contribution in [0.1, 0.15) is 25.0 Å². The molecule has 0 aliphatic carbocycles. The van der Waals surface area contributed by atoms with Gasteiger partial charge in [0.2, 0.25) is 0 Å². The van der Waals surface area contributed by atoms with E-state index < -0.39 is 10.5 Å². The smallest absolute Gasteiger partial charge is 0.280 e. The van der Waals surface area contributed by atoms with Crippen molar-refractivity contribution in [2.45, 2.75) is 13.8 Å². The van der Waals surface area contributed by atoms with Crippen LogP contribution in [-0.4, -0.2) is 28.6 Å². The van der Waals surface area contributed by atoms with E-state index in [0.717, 1.165) is 0 Å². The van der Waals surface area contributed by atoms with Crippen molar-refractivity contribution in [1.29, 1.82) is 0 Å². The SMILES string of the molecule is CC(=NOCON=C(C)c1cccc([NH+]([O-])O)c1)c1cccc([NH+]([O-])O)c1. The van der Waals surface area contributed by atoms with Crippen LogP contribution in [0.25, 0.3) is 0 Å². The summed E-state index contributed by atoms with van der Waals surface area (Å²) in [4.78, 5) is 10.0. The van der Waals surface area contributed by atoms with E-state index in [0.29, 0.717) is 22.6 Å². The highest BCUT2D eigenvalue weighted by Crippen LogP contribution is 2.09. The molecule has 0 aliphatic rings. The molecule has 2 rings (SSSR count). The maximum atomic E-state index is 11.0. The second kappa shape index (κ2) is 9.73. The van der Waals surface area contributed by atoms with Crippen molar-refractivity contribution < 1.29 is 30.5 Å². The molecule has 2 unspecified atom stereocenters. The largest absolute Gasteiger partial charge is 0.595 e. The molecule has 0 amide bonds. The van der Waals surface area contributed by atoms with Crippen molar-refractivity contribution in [3.63, 3.8) is 0 Å². The molecule has 0 aliphatic heterocycles. The van der Waals surface area contributed by atoms with Gasteiger partial charge < -0.3 is 20.1 Å². The molecule has 0 bridgehead atoms. The molecule has 0 heterocycles. The summed E-state index contributed by atoms with van der Waals surface area (Å²) in [5.41, 5.74) is 2.50. The Morgan fingerprint density at radius 2 is 1.26 bits per heavy atom. The Labute approximate surface area is 155 Å². The van der Waals surface area contributed by atoms with Crippen molar-refractivity contribution in [3.8, 4) is 0 Å². The number of rotatable bonds is 8. The zero-order valence-electron chi connectivity index (χ0n) is 14.7. The van der Waals surface area contributed by atoms with Crippen LogP contribution in [0.3, 0.4) is 0 Å². The summed E-state index contributed by atoms with van der Waals surface area (Å²) < 4.78 is 0. The Hall–Kier alpha value is -2.86. The van der Waals surface area contributed by atoms with Gasteiger partial charge in [-0.15, -0.1) is 0 Å². The van der Waals surface area contributed by atoms with E-state index in [1.165, 1.54) is 24.3 Å². The van der Waals surface area contributed by atoms with E-state index in [2.05, 4.69) is 10.3 Å². The van der Waals surface area contributed by atoms with Crippen LogP contribution in [0.15, 0.2) is 58.8 Å². The predicted molar refractivity (Wildman–Crippen MR) is 95.9 cm³/mol. The summed E-state index contributed by atoms with van der Waals surface area (Å²) in [5.74, 6) is 0. The molecule has 0 aromatic heterocycles. The van der Waals surface area contributed by atoms with Crippen LogP contribution in [-0.2, 0) is 9.68 Å². The minimum atomic E-state index is -1.02. The maximum Gasteiger partial charge on any atom is 0.280 e. The number of benzene rings is 2. The third-order valence-corrected chi connectivity index (χ3v) is 3.56. The van der Waals surface area contributed by atoms with Gasteiger partial charge in [0.25, 0.3) is 6.79 Å². The average molecular weight is 376 g/mol. The monoisotopic (exact) mass is 376 g/mol. The molecule has 2 aromatic carbocycles. The molecule has 0 spiro atoms. The number of oxime groups is 2. The average Bonchev–Trinajstić information content (AvgIpc) is 2.67. The van der Waals surface area contributed by atoms with Gasteiger partial charge in [0, 0.05) is 35.4 Å². The van der Waals surface area contributed by atoms with Gasteiger partial charge in [-0.25, -0.2) is 10.4 Å². The summed E-state index contributed by atoms with van der Waals surface area (Å²) >= 11 is 0. The number of hydrogen-bond donors (Lipinski definition) is 4. The first-order valence-corrected chi connectivity index (χ1v) is 7.89. The second-order valence-electron chi connectivity index (χ2n) is 5.50. The predicted octanol–water partition coefficient (Wildman–Crippen LogP) is 0.632. The third-order valence-electron chi connectivity index (χ3n) is 3.56. The Morgan fingerprint density at radius 1 is 0.852 bits per heavy atom. The van der Waals surface area contributed by atoms with E-state index in [1.807, 2.05) is 0 Å². The van der Waals surface area contributed by atoms with Crippen molar-refractivity contribution in [2.75, 3.05) is 6.79 Å². The zero-order valence-corrected chi connectivity index (χ0v) is 14.7. The molecule has 2 atom stereocenters. The molecule has 2 aromatic rings. The fourth-order valence-corrected chi connectivity index (χ4v) is 2.13. The fraction of sp³-hybridized carbons (Fsp3) is 0.176. The minimum Gasteiger partial charge on any atom is -0.595 e. The van der Waals surface area contributed by atoms with E-state index >= 15 is 0 Å². The summed E-state index contributed by atoms with van der Waals surface area (Å²) in [6.45, 7) is 3.09. The fourth-order valence-electron chi connectivity index (χ4n) is 2.13. The molecule has 4 N–H and O–H groups in total. The van der Waals surface area contributed by atoms with E-state index in [-0.39, 0.29) is 18.2 Å². The molecule has 10 heteroatoms. The van der Waals surface area contributed by atoms with Gasteiger partial charge in [0.1, 0.15) is 0 Å². The number of nitrogens with one attached hydrogen (secondary N) is 2. The van der Waals surface area contributed by atoms with Gasteiger partial charge >= 0.3 is 0 Å². The molecular formula is C17H20N4O6. The summed E-state index contributed by atoms with van der Waals surface area (Å²) in [7, 11) is 0. The first kappa shape index (κ1) is 20.5. The number of nitrogens with zero attached hydrogens (tertiary/aromatic N) is 2. The lowest BCUT2D eigenvalue weighted by molar-refractivity contribution is -0.991. The first-order valence-electron chi connectivity index (χ1n) is 7.89. The maximum absolute atomic E-state index is 11.0. The number of quaternary nitrogens is 2. The molecule has 0 fully saturated rings. The van der Waals surface area contributed by atoms with Crippen LogP contribution in [0.5, 0.6) is 0 Å². The van der Waals surface area contributed by atoms with Crippen LogP contribution in [0, 0.1) is 10.4 Å². The quantitative estimate of drug-likeness (QED) is 0.231. The standard InChI is InChI=1S/C17H20N4O6/c1-12(14-5-3-7-16(9-14)20(22)23)18-26-11-27-19-13(2)15-6-4-8-17(10-15)21(24)25/h3-10,20-22,24H,11H2,1-2H3. The zero-order chi connectivity index (χ0) is 19.8. The number of hydrogen-bond acceptors (Lipinski definition) is 8. The highest BCUT2D eigenvalue weighted by molar-refractivity contribution is 5.99. The Balaban J connectivity index is 1.90. The van der Waals surface area contributed by atoms with Gasteiger partial charge in [0.15, 0.2) is 11.4 Å². The Kier molecular flexibility index (Phi) is 7.37. The van der Waals surface area contributed by atoms with Crippen LogP contribution in [0.4, 0.5) is 11.4 Å². The summed E-state index contributed by atoms with van der Waals surface area (Å²) in [6.07, 6.45) is 0. The Bertz CT molecular complexity index is 755. The van der Waals surface area contributed by atoms with E-state index in [1.54, 1.807) is 38.1 Å². The lowest BCUT2D eigenvalue weighted by atomic mass is 10.1. The van der Waals surface area contributed by atoms with E-state index in [9.17, 15) is 10.4 Å². The minimum absolute atomic E-state index is 0.155. The van der Waals surface area contributed by atoms with Gasteiger partial charge in [0.05, 0.1) is 11.4 Å².